The van der Waals surface area contributed by atoms with Gasteiger partial charge in [0.2, 0.25) is 24.4 Å². The lowest BCUT2D eigenvalue weighted by atomic mass is 10.0. The molecule has 0 fully saturated rings. The fourth-order valence-corrected chi connectivity index (χ4v) is 4.08. The van der Waals surface area contributed by atoms with Crippen molar-refractivity contribution >= 4 is 41.8 Å². The van der Waals surface area contributed by atoms with E-state index in [4.69, 9.17) is 9.84 Å². The molecule has 0 aliphatic rings. The molecule has 0 rings (SSSR count). The normalized spacial score (nSPS) is 14.3. The number of aliphatic carboxylic acids is 1. The Bertz CT molecular complexity index is 1140. The zero-order chi connectivity index (χ0) is 41.6. The minimum atomic E-state index is -1.59. The van der Waals surface area contributed by atoms with Gasteiger partial charge in [-0.05, 0) is 48.0 Å². The van der Waals surface area contributed by atoms with Crippen LogP contribution in [0, 0.1) is 0 Å². The van der Waals surface area contributed by atoms with Crippen molar-refractivity contribution in [3.8, 4) is 0 Å². The van der Waals surface area contributed by atoms with Gasteiger partial charge in [0.25, 0.3) is 0 Å². The van der Waals surface area contributed by atoms with E-state index in [-0.39, 0.29) is 6.42 Å². The number of carbonyl (C=O) groups excluding carboxylic acids is 6. The van der Waals surface area contributed by atoms with Gasteiger partial charge in [0, 0.05) is 6.42 Å². The van der Waals surface area contributed by atoms with Crippen molar-refractivity contribution in [2.75, 3.05) is 0 Å². The van der Waals surface area contributed by atoms with Crippen LogP contribution in [0.2, 0.25) is 0 Å². The predicted octanol–water partition coefficient (Wildman–Crippen LogP) is 5.58. The lowest BCUT2D eigenvalue weighted by Crippen LogP contribution is -2.33. The molecule has 1 N–H and O–H groups in total. The molecule has 0 saturated heterocycles. The Morgan fingerprint density at radius 3 is 0.927 bits per heavy atom. The van der Waals surface area contributed by atoms with Gasteiger partial charge in [-0.3, -0.25) is 29.2 Å². The molecular formula is C36H60O19. The van der Waals surface area contributed by atoms with Crippen molar-refractivity contribution in [3.63, 3.8) is 0 Å². The van der Waals surface area contributed by atoms with Crippen molar-refractivity contribution in [2.24, 2.45) is 0 Å². The fourth-order valence-electron chi connectivity index (χ4n) is 4.08. The van der Waals surface area contributed by atoms with E-state index in [1.807, 2.05) is 0 Å². The summed E-state index contributed by atoms with van der Waals surface area (Å²) in [5, 5.41) is 8.68. The van der Waals surface area contributed by atoms with Crippen molar-refractivity contribution < 1.29 is 92.3 Å². The van der Waals surface area contributed by atoms with E-state index >= 15 is 0 Å². The number of hydrogen-bond acceptors (Lipinski definition) is 18. The first kappa shape index (κ1) is 51.1. The Morgan fingerprint density at radius 2 is 0.636 bits per heavy atom. The van der Waals surface area contributed by atoms with Crippen molar-refractivity contribution in [1.82, 2.24) is 0 Å². The molecule has 0 aliphatic heterocycles. The lowest BCUT2D eigenvalue weighted by Gasteiger charge is -2.15. The van der Waals surface area contributed by atoms with Crippen LogP contribution in [0.3, 0.4) is 0 Å². The Balaban J connectivity index is 4.11. The van der Waals surface area contributed by atoms with Gasteiger partial charge in [-0.15, -0.1) is 0 Å². The van der Waals surface area contributed by atoms with Crippen molar-refractivity contribution in [3.05, 3.63) is 0 Å². The van der Waals surface area contributed by atoms with Crippen LogP contribution < -0.4 is 0 Å². The highest BCUT2D eigenvalue weighted by Crippen LogP contribution is 2.14. The Kier molecular flexibility index (Phi) is 29.1. The average Bonchev–Trinajstić information content (AvgIpc) is 3.16. The third-order valence-corrected chi connectivity index (χ3v) is 7.67. The molecular weight excluding hydrogens is 736 g/mol. The maximum Gasteiger partial charge on any atom is 0.382 e. The van der Waals surface area contributed by atoms with Crippen molar-refractivity contribution in [1.29, 1.82) is 0 Å². The molecule has 19 nitrogen and oxygen atoms in total. The molecule has 0 aromatic carbocycles. The molecule has 6 atom stereocenters. The van der Waals surface area contributed by atoms with Crippen LogP contribution in [0.25, 0.3) is 0 Å². The first-order valence-corrected chi connectivity index (χ1v) is 18.9. The van der Waals surface area contributed by atoms with Gasteiger partial charge in [0.15, 0.2) is 12.2 Å². The van der Waals surface area contributed by atoms with Crippen LogP contribution in [0.4, 0.5) is 0 Å². The number of hydrogen-bond donors (Lipinski definition) is 1. The topological polar surface area (TPSA) is 241 Å². The second kappa shape index (κ2) is 31.3. The average molecular weight is 797 g/mol. The van der Waals surface area contributed by atoms with E-state index in [0.29, 0.717) is 6.42 Å². The van der Waals surface area contributed by atoms with Gasteiger partial charge in [-0.1, -0.05) is 96.8 Å². The molecule has 0 spiro atoms. The summed E-state index contributed by atoms with van der Waals surface area (Å²) < 4.78 is 5.07. The summed E-state index contributed by atoms with van der Waals surface area (Å²) in [5.74, 6) is -8.04. The van der Waals surface area contributed by atoms with E-state index < -0.39 is 78.4 Å². The summed E-state index contributed by atoms with van der Waals surface area (Å²) in [5.41, 5.74) is 0. The SMILES string of the molecule is CCCCCCCCCCCCCCCCCC(=O)O[C@@H](C)C(=O)OO[C@@H](C)C(=O)OO[C@@H](C)C(=O)OO[C@@H](C)C(=O)OO[C@@H](C)C(=O)OO[C@@H](C)C(=O)O. The molecule has 0 bridgehead atoms. The molecule has 0 saturated carbocycles. The van der Waals surface area contributed by atoms with Crippen LogP contribution in [-0.2, 0) is 87.2 Å². The van der Waals surface area contributed by atoms with Gasteiger partial charge >= 0.3 is 41.8 Å². The zero-order valence-corrected chi connectivity index (χ0v) is 33.1. The monoisotopic (exact) mass is 796 g/mol. The van der Waals surface area contributed by atoms with Gasteiger partial charge in [-0.25, -0.2) is 28.8 Å². The summed E-state index contributed by atoms with van der Waals surface area (Å²) >= 11 is 0. The molecule has 0 aromatic rings. The first-order chi connectivity index (χ1) is 26.1. The number of esters is 1. The summed E-state index contributed by atoms with van der Waals surface area (Å²) in [6.45, 7) is 9.00. The standard InChI is InChI=1S/C36H60O19/c1-8-9-10-11-12-13-14-15-16-17-18-19-20-21-22-23-30(37)45-25(3)32(40)51-47-27(5)34(42)53-49-29(7)36(44)55-50-28(6)35(43)54-48-26(4)33(41)52-46-24(2)31(38)39/h24-29H,8-23H2,1-7H3,(H,38,39)/t24-,25-,26-,27-,28-,29-/m0/s1. The molecule has 19 heteroatoms. The lowest BCUT2D eigenvalue weighted by molar-refractivity contribution is -0.349. The number of rotatable bonds is 33. The number of ether oxygens (including phenoxy) is 1. The summed E-state index contributed by atoms with van der Waals surface area (Å²) in [7, 11) is 0. The Labute approximate surface area is 321 Å². The quantitative estimate of drug-likeness (QED) is 0.0369. The summed E-state index contributed by atoms with van der Waals surface area (Å²) in [6, 6.07) is 0. The van der Waals surface area contributed by atoms with Crippen LogP contribution in [0.1, 0.15) is 151 Å². The van der Waals surface area contributed by atoms with Gasteiger partial charge < -0.3 is 9.84 Å². The first-order valence-electron chi connectivity index (χ1n) is 18.9. The Hall–Kier alpha value is -3.91. The third-order valence-electron chi connectivity index (χ3n) is 7.67. The third kappa shape index (κ3) is 26.5. The molecule has 55 heavy (non-hydrogen) atoms. The maximum absolute atomic E-state index is 12.2. The van der Waals surface area contributed by atoms with Gasteiger partial charge in [0.05, 0.1) is 0 Å². The Morgan fingerprint density at radius 1 is 0.382 bits per heavy atom. The van der Waals surface area contributed by atoms with Crippen LogP contribution in [0.15, 0.2) is 0 Å². The summed E-state index contributed by atoms with van der Waals surface area (Å²) in [6.07, 6.45) is 9.04. The van der Waals surface area contributed by atoms with E-state index in [2.05, 4.69) is 55.8 Å². The molecule has 0 aliphatic carbocycles. The van der Waals surface area contributed by atoms with Gasteiger partial charge in [0.1, 0.15) is 0 Å². The number of unbranched alkanes of at least 4 members (excludes halogenated alkanes) is 14. The maximum atomic E-state index is 12.2. The van der Waals surface area contributed by atoms with E-state index in [0.717, 1.165) is 53.9 Å². The number of carboxylic acid groups (broad SMARTS) is 1. The minimum Gasteiger partial charge on any atom is -0.479 e. The predicted molar refractivity (Wildman–Crippen MR) is 186 cm³/mol. The highest BCUT2D eigenvalue weighted by molar-refractivity contribution is 5.79. The molecule has 0 amide bonds. The van der Waals surface area contributed by atoms with Gasteiger partial charge in [-0.2, -0.15) is 24.4 Å². The number of carboxylic acids is 1. The molecule has 0 heterocycles. The second-order valence-electron chi connectivity index (χ2n) is 12.9. The van der Waals surface area contributed by atoms with E-state index in [9.17, 15) is 33.6 Å². The highest BCUT2D eigenvalue weighted by atomic mass is 17.3. The fraction of sp³-hybridized carbons (Fsp3) is 0.806. The second-order valence-corrected chi connectivity index (χ2v) is 12.9. The number of carbonyl (C=O) groups is 7. The highest BCUT2D eigenvalue weighted by Gasteiger charge is 2.29. The van der Waals surface area contributed by atoms with E-state index in [1.165, 1.54) is 77.6 Å². The summed E-state index contributed by atoms with van der Waals surface area (Å²) in [4.78, 5) is 127. The van der Waals surface area contributed by atoms with E-state index in [1.54, 1.807) is 0 Å². The smallest absolute Gasteiger partial charge is 0.382 e. The zero-order valence-electron chi connectivity index (χ0n) is 33.1. The molecule has 0 radical (unpaired) electrons. The molecule has 0 aromatic heterocycles. The van der Waals surface area contributed by atoms with Crippen LogP contribution >= 0.6 is 0 Å². The minimum absolute atomic E-state index is 0.144. The molecule has 318 valence electrons. The molecule has 0 unspecified atom stereocenters. The largest absolute Gasteiger partial charge is 0.479 e. The van der Waals surface area contributed by atoms with Crippen LogP contribution in [0.5, 0.6) is 0 Å². The van der Waals surface area contributed by atoms with Crippen molar-refractivity contribution in [2.45, 2.75) is 188 Å². The van der Waals surface area contributed by atoms with Crippen LogP contribution in [-0.4, -0.2) is 83.5 Å².